The monoisotopic (exact) mass is 279 g/mol. The number of fused-ring (bicyclic) bond motifs is 2. The van der Waals surface area contributed by atoms with Crippen molar-refractivity contribution in [3.63, 3.8) is 0 Å². The molecule has 21 heavy (non-hydrogen) atoms. The Bertz CT molecular complexity index is 738. The molecule has 2 aromatic carbocycles. The van der Waals surface area contributed by atoms with E-state index in [4.69, 9.17) is 0 Å². The molecule has 1 aliphatic heterocycles. The molecule has 2 N–H and O–H groups in total. The summed E-state index contributed by atoms with van der Waals surface area (Å²) in [6.45, 7) is 0. The third kappa shape index (κ3) is 1.88. The Kier molecular flexibility index (Phi) is 2.66. The quantitative estimate of drug-likeness (QED) is 0.887. The van der Waals surface area contributed by atoms with Crippen LogP contribution in [0.1, 0.15) is 28.7 Å². The van der Waals surface area contributed by atoms with E-state index in [1.807, 2.05) is 30.3 Å². The van der Waals surface area contributed by atoms with Crippen LogP contribution in [0.2, 0.25) is 0 Å². The molecule has 0 bridgehead atoms. The fourth-order valence-electron chi connectivity index (χ4n) is 3.51. The zero-order valence-corrected chi connectivity index (χ0v) is 11.7. The maximum atomic E-state index is 12.2. The maximum absolute atomic E-state index is 12.2. The highest BCUT2D eigenvalue weighted by Gasteiger charge is 2.45. The Balaban J connectivity index is 1.72. The molecular weight excluding hydrogens is 262 g/mol. The Labute approximate surface area is 123 Å². The van der Waals surface area contributed by atoms with Gasteiger partial charge in [0, 0.05) is 17.7 Å². The van der Waals surface area contributed by atoms with Crippen LogP contribution >= 0.6 is 0 Å². The topological polar surface area (TPSA) is 49.3 Å². The molecule has 4 rings (SSSR count). The van der Waals surface area contributed by atoms with Gasteiger partial charge in [0.05, 0.1) is 0 Å². The molecular formula is C18H17NO2. The SMILES string of the molecule is O=C1Nc2ccccc2C1(O)Cc1ccc2c(c1)CCC2. The molecule has 1 unspecified atom stereocenters. The van der Waals surface area contributed by atoms with Crippen LogP contribution in [0.3, 0.4) is 0 Å². The molecule has 2 aromatic rings. The number of aryl methyl sites for hydroxylation is 2. The number of carbonyl (C=O) groups excluding carboxylic acids is 1. The Morgan fingerprint density at radius 3 is 2.81 bits per heavy atom. The number of anilines is 1. The van der Waals surface area contributed by atoms with Gasteiger partial charge in [-0.1, -0.05) is 36.4 Å². The molecule has 0 saturated carbocycles. The van der Waals surface area contributed by atoms with Crippen molar-refractivity contribution in [2.45, 2.75) is 31.3 Å². The van der Waals surface area contributed by atoms with Crippen LogP contribution in [0.4, 0.5) is 5.69 Å². The molecule has 3 heteroatoms. The van der Waals surface area contributed by atoms with E-state index in [0.717, 1.165) is 18.4 Å². The lowest BCUT2D eigenvalue weighted by Gasteiger charge is -2.21. The highest BCUT2D eigenvalue weighted by atomic mass is 16.3. The number of benzene rings is 2. The minimum atomic E-state index is -1.45. The van der Waals surface area contributed by atoms with Crippen LogP contribution in [0.15, 0.2) is 42.5 Å². The van der Waals surface area contributed by atoms with E-state index >= 15 is 0 Å². The number of aliphatic hydroxyl groups is 1. The predicted octanol–water partition coefficient (Wildman–Crippen LogP) is 2.56. The van der Waals surface area contributed by atoms with Gasteiger partial charge in [-0.25, -0.2) is 0 Å². The first-order chi connectivity index (χ1) is 10.2. The van der Waals surface area contributed by atoms with Crippen molar-refractivity contribution in [2.24, 2.45) is 0 Å². The minimum absolute atomic E-state index is 0.323. The Hall–Kier alpha value is -2.13. The zero-order chi connectivity index (χ0) is 14.4. The molecule has 1 atom stereocenters. The molecule has 0 spiro atoms. The molecule has 3 nitrogen and oxygen atoms in total. The van der Waals surface area contributed by atoms with Crippen molar-refractivity contribution in [1.29, 1.82) is 0 Å². The van der Waals surface area contributed by atoms with E-state index in [1.54, 1.807) is 0 Å². The Morgan fingerprint density at radius 2 is 1.90 bits per heavy atom. The fraction of sp³-hybridized carbons (Fsp3) is 0.278. The van der Waals surface area contributed by atoms with Gasteiger partial charge in [-0.2, -0.15) is 0 Å². The summed E-state index contributed by atoms with van der Waals surface area (Å²) in [4.78, 5) is 12.2. The summed E-state index contributed by atoms with van der Waals surface area (Å²) in [7, 11) is 0. The van der Waals surface area contributed by atoms with Crippen molar-refractivity contribution in [2.75, 3.05) is 5.32 Å². The van der Waals surface area contributed by atoms with Crippen LogP contribution in [0.25, 0.3) is 0 Å². The fourth-order valence-corrected chi connectivity index (χ4v) is 3.51. The van der Waals surface area contributed by atoms with Crippen molar-refractivity contribution in [3.8, 4) is 0 Å². The van der Waals surface area contributed by atoms with Gasteiger partial charge >= 0.3 is 0 Å². The molecule has 0 fully saturated rings. The van der Waals surface area contributed by atoms with Crippen molar-refractivity contribution < 1.29 is 9.90 Å². The number of hydrogen-bond acceptors (Lipinski definition) is 2. The Morgan fingerprint density at radius 1 is 1.10 bits per heavy atom. The number of hydrogen-bond donors (Lipinski definition) is 2. The number of rotatable bonds is 2. The predicted molar refractivity (Wildman–Crippen MR) is 81.1 cm³/mol. The lowest BCUT2D eigenvalue weighted by atomic mass is 9.87. The summed E-state index contributed by atoms with van der Waals surface area (Å²) in [5.41, 5.74) is 3.72. The van der Waals surface area contributed by atoms with E-state index in [2.05, 4.69) is 17.4 Å². The first-order valence-corrected chi connectivity index (χ1v) is 7.41. The smallest absolute Gasteiger partial charge is 0.261 e. The first kappa shape index (κ1) is 12.6. The third-order valence-electron chi connectivity index (χ3n) is 4.62. The number of nitrogens with one attached hydrogen (secondary N) is 1. The number of amides is 1. The van der Waals surface area contributed by atoms with E-state index in [1.165, 1.54) is 17.5 Å². The lowest BCUT2D eigenvalue weighted by Crippen LogP contribution is -2.36. The van der Waals surface area contributed by atoms with Crippen LogP contribution in [-0.2, 0) is 29.7 Å². The summed E-state index contributed by atoms with van der Waals surface area (Å²) >= 11 is 0. The molecule has 1 aliphatic carbocycles. The number of para-hydroxylation sites is 1. The highest BCUT2D eigenvalue weighted by Crippen LogP contribution is 2.38. The molecule has 0 radical (unpaired) electrons. The highest BCUT2D eigenvalue weighted by molar-refractivity contribution is 6.05. The summed E-state index contributed by atoms with van der Waals surface area (Å²) in [5, 5.41) is 13.7. The molecule has 106 valence electrons. The standard InChI is InChI=1S/C18H17NO2/c20-17-18(21,15-6-1-2-7-16(15)19-17)11-12-8-9-13-4-3-5-14(13)10-12/h1-2,6-10,21H,3-5,11H2,(H,19,20). The maximum Gasteiger partial charge on any atom is 0.261 e. The van der Waals surface area contributed by atoms with Crippen molar-refractivity contribution >= 4 is 11.6 Å². The first-order valence-electron chi connectivity index (χ1n) is 7.41. The van der Waals surface area contributed by atoms with Crippen LogP contribution in [0, 0.1) is 0 Å². The second-order valence-corrected chi connectivity index (χ2v) is 5.99. The minimum Gasteiger partial charge on any atom is -0.375 e. The van der Waals surface area contributed by atoms with Gasteiger partial charge in [-0.05, 0) is 42.0 Å². The summed E-state index contributed by atoms with van der Waals surface area (Å²) < 4.78 is 0. The average Bonchev–Trinajstić information content (AvgIpc) is 3.03. The van der Waals surface area contributed by atoms with Gasteiger partial charge in [-0.3, -0.25) is 4.79 Å². The lowest BCUT2D eigenvalue weighted by molar-refractivity contribution is -0.133. The average molecular weight is 279 g/mol. The van der Waals surface area contributed by atoms with E-state index in [9.17, 15) is 9.90 Å². The van der Waals surface area contributed by atoms with Crippen molar-refractivity contribution in [3.05, 3.63) is 64.7 Å². The van der Waals surface area contributed by atoms with E-state index in [-0.39, 0.29) is 5.91 Å². The van der Waals surface area contributed by atoms with E-state index in [0.29, 0.717) is 17.7 Å². The molecule has 1 heterocycles. The molecule has 2 aliphatic rings. The van der Waals surface area contributed by atoms with Gasteiger partial charge in [-0.15, -0.1) is 0 Å². The molecule has 0 saturated heterocycles. The zero-order valence-electron chi connectivity index (χ0n) is 11.7. The second kappa shape index (κ2) is 4.43. The van der Waals surface area contributed by atoms with Crippen molar-refractivity contribution in [1.82, 2.24) is 0 Å². The van der Waals surface area contributed by atoms with Gasteiger partial charge in [0.15, 0.2) is 5.60 Å². The van der Waals surface area contributed by atoms with E-state index < -0.39 is 5.60 Å². The number of carbonyl (C=O) groups is 1. The van der Waals surface area contributed by atoms with Gasteiger partial charge in [0.1, 0.15) is 0 Å². The second-order valence-electron chi connectivity index (χ2n) is 5.99. The summed E-state index contributed by atoms with van der Waals surface area (Å²) in [6.07, 6.45) is 3.77. The van der Waals surface area contributed by atoms with Crippen LogP contribution in [0.5, 0.6) is 0 Å². The molecule has 0 aromatic heterocycles. The normalized spacial score (nSPS) is 22.8. The van der Waals surface area contributed by atoms with Crippen LogP contribution < -0.4 is 5.32 Å². The summed E-state index contributed by atoms with van der Waals surface area (Å²) in [6, 6.07) is 13.7. The van der Waals surface area contributed by atoms with Gasteiger partial charge in [0.2, 0.25) is 0 Å². The third-order valence-corrected chi connectivity index (χ3v) is 4.62. The summed E-state index contributed by atoms with van der Waals surface area (Å²) in [5.74, 6) is -0.329. The van der Waals surface area contributed by atoms with Crippen LogP contribution in [-0.4, -0.2) is 11.0 Å². The molecule has 1 amide bonds. The van der Waals surface area contributed by atoms with Gasteiger partial charge < -0.3 is 10.4 Å². The largest absolute Gasteiger partial charge is 0.375 e. The van der Waals surface area contributed by atoms with Gasteiger partial charge in [0.25, 0.3) is 5.91 Å².